The highest BCUT2D eigenvalue weighted by atomic mass is 32.1. The largest absolute Gasteiger partial charge is 0.453 e. The van der Waals surface area contributed by atoms with Crippen molar-refractivity contribution in [3.63, 3.8) is 0 Å². The summed E-state index contributed by atoms with van der Waals surface area (Å²) in [4.78, 5) is 66.2. The van der Waals surface area contributed by atoms with Crippen LogP contribution in [-0.4, -0.2) is 83.2 Å². The van der Waals surface area contributed by atoms with Crippen molar-refractivity contribution < 1.29 is 28.7 Å². The Kier molecular flexibility index (Phi) is 12.3. The van der Waals surface area contributed by atoms with Crippen LogP contribution in [0.15, 0.2) is 60.9 Å². The molecule has 14 heteroatoms. The number of carbonyl (C=O) groups is 4. The topological polar surface area (TPSA) is 143 Å². The molecule has 0 spiro atoms. The molecule has 12 nitrogen and oxygen atoms in total. The number of likely N-dealkylation sites (tertiary alicyclic amines) is 2. The number of nitrogens with one attached hydrogen (secondary N) is 2. The number of ether oxygens (including phenoxy) is 2. The predicted molar refractivity (Wildman–Crippen MR) is 210 cm³/mol. The lowest BCUT2D eigenvalue weighted by molar-refractivity contribution is -0.136. The van der Waals surface area contributed by atoms with E-state index in [0.717, 1.165) is 67.7 Å². The van der Waals surface area contributed by atoms with Crippen molar-refractivity contribution in [2.75, 3.05) is 27.3 Å². The number of benzene rings is 2. The highest BCUT2D eigenvalue weighted by Crippen LogP contribution is 2.40. The molecule has 2 aliphatic heterocycles. The summed E-state index contributed by atoms with van der Waals surface area (Å²) < 4.78 is 9.52. The Bertz CT molecular complexity index is 1800. The van der Waals surface area contributed by atoms with E-state index in [4.69, 9.17) is 19.4 Å². The number of thiazole rings is 2. The first-order valence-electron chi connectivity index (χ1n) is 18.4. The van der Waals surface area contributed by atoms with Crippen molar-refractivity contribution in [2.24, 2.45) is 11.8 Å². The van der Waals surface area contributed by atoms with E-state index in [0.29, 0.717) is 13.1 Å². The third kappa shape index (κ3) is 8.44. The molecule has 6 rings (SSSR count). The molecule has 286 valence electrons. The first-order chi connectivity index (χ1) is 26.0. The Morgan fingerprint density at radius 1 is 0.630 bits per heavy atom. The number of aromatic nitrogens is 2. The van der Waals surface area contributed by atoms with E-state index >= 15 is 0 Å². The van der Waals surface area contributed by atoms with E-state index in [1.54, 1.807) is 22.7 Å². The molecule has 4 atom stereocenters. The molecule has 0 bridgehead atoms. The van der Waals surface area contributed by atoms with Gasteiger partial charge in [0.25, 0.3) is 0 Å². The van der Waals surface area contributed by atoms with Crippen molar-refractivity contribution in [2.45, 2.75) is 77.5 Å². The van der Waals surface area contributed by atoms with Crippen LogP contribution in [0.5, 0.6) is 0 Å². The summed E-state index contributed by atoms with van der Waals surface area (Å²) in [5, 5.41) is 7.20. The van der Waals surface area contributed by atoms with Gasteiger partial charge in [0, 0.05) is 25.5 Å². The molecule has 2 aromatic carbocycles. The molecule has 2 N–H and O–H groups in total. The number of nitrogens with zero attached hydrogens (tertiary/aromatic N) is 4. The molecule has 2 aromatic heterocycles. The number of carbonyl (C=O) groups excluding carboxylic acids is 4. The average molecular weight is 773 g/mol. The zero-order valence-electron chi connectivity index (χ0n) is 31.5. The number of rotatable bonds is 11. The van der Waals surface area contributed by atoms with Gasteiger partial charge in [-0.3, -0.25) is 9.59 Å². The summed E-state index contributed by atoms with van der Waals surface area (Å²) >= 11 is 3.19. The van der Waals surface area contributed by atoms with Gasteiger partial charge < -0.3 is 29.9 Å². The van der Waals surface area contributed by atoms with Crippen LogP contribution in [0.3, 0.4) is 0 Å². The fourth-order valence-electron chi connectivity index (χ4n) is 7.13. The molecule has 0 saturated carbocycles. The van der Waals surface area contributed by atoms with E-state index in [2.05, 4.69) is 59.2 Å². The highest BCUT2D eigenvalue weighted by Gasteiger charge is 2.39. The van der Waals surface area contributed by atoms with Gasteiger partial charge >= 0.3 is 12.2 Å². The summed E-state index contributed by atoms with van der Waals surface area (Å²) in [7, 11) is 2.59. The first kappa shape index (κ1) is 38.9. The first-order valence-corrected chi connectivity index (χ1v) is 20.0. The van der Waals surface area contributed by atoms with E-state index in [1.165, 1.54) is 14.2 Å². The molecule has 4 heterocycles. The van der Waals surface area contributed by atoms with Crippen molar-refractivity contribution in [3.8, 4) is 32.0 Å². The Morgan fingerprint density at radius 3 is 1.31 bits per heavy atom. The number of amides is 4. The zero-order chi connectivity index (χ0) is 38.5. The normalized spacial score (nSPS) is 18.1. The SMILES string of the molecule is COC(=O)N[C@@H](C(=O)N1CCC[C@H]1c1ncc(-c2ccc(-c3ccc(-c4cnc([C@@H]5CCCN5C(=O)[C@H](NC(=O)OC)C(C)C)s4)cc3)cc2)s1)C(C)C. The van der Waals surface area contributed by atoms with Crippen molar-refractivity contribution in [1.29, 1.82) is 0 Å². The highest BCUT2D eigenvalue weighted by molar-refractivity contribution is 7.15. The molecule has 0 unspecified atom stereocenters. The summed E-state index contributed by atoms with van der Waals surface area (Å²) in [5.41, 5.74) is 4.29. The Hall–Kier alpha value is -4.82. The van der Waals surface area contributed by atoms with Crippen molar-refractivity contribution in [3.05, 3.63) is 70.9 Å². The van der Waals surface area contributed by atoms with Crippen molar-refractivity contribution >= 4 is 46.7 Å². The third-order valence-corrected chi connectivity index (χ3v) is 12.4. The van der Waals surface area contributed by atoms with Gasteiger partial charge in [0.1, 0.15) is 22.1 Å². The summed E-state index contributed by atoms with van der Waals surface area (Å²) in [6.45, 7) is 8.89. The molecule has 4 amide bonds. The van der Waals surface area contributed by atoms with E-state index in [-0.39, 0.29) is 35.7 Å². The lowest BCUT2D eigenvalue weighted by atomic mass is 10.0. The molecule has 4 aromatic rings. The number of alkyl carbamates (subject to hydrolysis) is 2. The maximum atomic E-state index is 13.5. The molecular weight excluding hydrogens is 725 g/mol. The fourth-order valence-corrected chi connectivity index (χ4v) is 9.28. The molecular formula is C40H48N6O6S2. The van der Waals surface area contributed by atoms with Crippen LogP contribution >= 0.6 is 22.7 Å². The van der Waals surface area contributed by atoms with Crippen LogP contribution < -0.4 is 10.6 Å². The minimum absolute atomic E-state index is 0.0885. The van der Waals surface area contributed by atoms with Gasteiger partial charge in [-0.25, -0.2) is 19.6 Å². The van der Waals surface area contributed by atoms with Gasteiger partial charge in [-0.05, 0) is 59.8 Å². The predicted octanol–water partition coefficient (Wildman–Crippen LogP) is 7.69. The standard InChI is InChI=1S/C40H48N6O6S2/c1-23(2)33(43-39(49)51-5)37(47)45-19-7-9-29(45)35-41-21-31(53-35)27-15-11-25(12-16-27)26-13-17-28(18-14-26)32-22-42-36(54-32)30-10-8-20-46(30)38(48)34(24(3)4)44-40(50)52-6/h11-18,21-24,29-30,33-34H,7-10,19-20H2,1-6H3,(H,43,49)(H,44,50)/t29-,30-,33+,34+/m0/s1. The maximum absolute atomic E-state index is 13.5. The smallest absolute Gasteiger partial charge is 0.407 e. The van der Waals surface area contributed by atoms with Gasteiger partial charge in [0.05, 0.1) is 36.1 Å². The zero-order valence-corrected chi connectivity index (χ0v) is 33.2. The van der Waals surface area contributed by atoms with Crippen LogP contribution in [0.1, 0.15) is 75.5 Å². The minimum atomic E-state index is -0.666. The molecule has 0 aliphatic carbocycles. The number of methoxy groups -OCH3 is 2. The summed E-state index contributed by atoms with van der Waals surface area (Å²) in [5.74, 6) is -0.400. The number of hydrogen-bond donors (Lipinski definition) is 2. The van der Waals surface area contributed by atoms with Gasteiger partial charge in [-0.2, -0.15) is 0 Å². The van der Waals surface area contributed by atoms with Gasteiger partial charge in [0.15, 0.2) is 0 Å². The fraction of sp³-hybridized carbons (Fsp3) is 0.450. The third-order valence-electron chi connectivity index (χ3n) is 10.1. The second-order valence-electron chi connectivity index (χ2n) is 14.4. The summed E-state index contributed by atoms with van der Waals surface area (Å²) in [6.07, 6.45) is 5.94. The minimum Gasteiger partial charge on any atom is -0.453 e. The number of hydrogen-bond acceptors (Lipinski definition) is 10. The van der Waals surface area contributed by atoms with Crippen LogP contribution in [0.25, 0.3) is 32.0 Å². The Morgan fingerprint density at radius 2 is 0.981 bits per heavy atom. The lowest BCUT2D eigenvalue weighted by Gasteiger charge is -2.29. The van der Waals surface area contributed by atoms with Gasteiger partial charge in [-0.1, -0.05) is 76.2 Å². The average Bonchev–Trinajstić information content (AvgIpc) is 4.02. The van der Waals surface area contributed by atoms with Crippen molar-refractivity contribution in [1.82, 2.24) is 30.4 Å². The quantitative estimate of drug-likeness (QED) is 0.158. The van der Waals surface area contributed by atoms with E-state index in [1.807, 2.05) is 49.9 Å². The monoisotopic (exact) mass is 772 g/mol. The van der Waals surface area contributed by atoms with Gasteiger partial charge in [-0.15, -0.1) is 22.7 Å². The van der Waals surface area contributed by atoms with Crippen LogP contribution in [-0.2, 0) is 19.1 Å². The molecule has 2 saturated heterocycles. The van der Waals surface area contributed by atoms with Crippen LogP contribution in [0.2, 0.25) is 0 Å². The lowest BCUT2D eigenvalue weighted by Crippen LogP contribution is -2.51. The maximum Gasteiger partial charge on any atom is 0.407 e. The second-order valence-corrected chi connectivity index (χ2v) is 16.5. The van der Waals surface area contributed by atoms with Crippen LogP contribution in [0.4, 0.5) is 9.59 Å². The molecule has 2 aliphatic rings. The van der Waals surface area contributed by atoms with Gasteiger partial charge in [0.2, 0.25) is 11.8 Å². The second kappa shape index (κ2) is 17.1. The molecule has 2 fully saturated rings. The summed E-state index contributed by atoms with van der Waals surface area (Å²) in [6, 6.07) is 15.2. The molecule has 54 heavy (non-hydrogen) atoms. The van der Waals surface area contributed by atoms with E-state index < -0.39 is 24.3 Å². The van der Waals surface area contributed by atoms with Crippen LogP contribution in [0, 0.1) is 11.8 Å². The molecule has 0 radical (unpaired) electrons. The Labute approximate surface area is 324 Å². The Balaban J connectivity index is 1.11. The van der Waals surface area contributed by atoms with E-state index in [9.17, 15) is 19.2 Å².